The number of carbonyl (C=O) groups is 1. The molecule has 0 unspecified atom stereocenters. The van der Waals surface area contributed by atoms with Gasteiger partial charge in [-0.1, -0.05) is 11.6 Å². The number of aromatic amines is 1. The van der Waals surface area contributed by atoms with Crippen molar-refractivity contribution in [3.63, 3.8) is 0 Å². The van der Waals surface area contributed by atoms with Gasteiger partial charge in [0.05, 0.1) is 5.92 Å². The van der Waals surface area contributed by atoms with Gasteiger partial charge in [0.1, 0.15) is 0 Å². The number of aromatic nitrogens is 1. The van der Waals surface area contributed by atoms with Crippen molar-refractivity contribution in [2.45, 2.75) is 31.6 Å². The molecule has 1 heterocycles. The van der Waals surface area contributed by atoms with E-state index in [-0.39, 0.29) is 17.4 Å². The summed E-state index contributed by atoms with van der Waals surface area (Å²) in [7, 11) is 0. The number of benzene rings is 1. The zero-order chi connectivity index (χ0) is 15.0. The molecule has 0 spiro atoms. The summed E-state index contributed by atoms with van der Waals surface area (Å²) in [4.78, 5) is 25.4. The second-order valence-corrected chi connectivity index (χ2v) is 6.06. The van der Waals surface area contributed by atoms with Gasteiger partial charge in [0.15, 0.2) is 0 Å². The number of fused-ring (bicyclic) bond motifs is 1. The summed E-state index contributed by atoms with van der Waals surface area (Å²) in [6.07, 6.45) is 4.65. The lowest BCUT2D eigenvalue weighted by Crippen LogP contribution is -2.20. The molecular formula is C16H16ClNO3. The summed E-state index contributed by atoms with van der Waals surface area (Å²) in [6.45, 7) is 0. The van der Waals surface area contributed by atoms with Crippen LogP contribution >= 0.6 is 11.6 Å². The van der Waals surface area contributed by atoms with E-state index in [0.29, 0.717) is 23.3 Å². The van der Waals surface area contributed by atoms with Gasteiger partial charge in [-0.25, -0.2) is 0 Å². The van der Waals surface area contributed by atoms with Crippen LogP contribution in [0.2, 0.25) is 5.02 Å². The molecule has 0 bridgehead atoms. The number of aliphatic carboxylic acids is 1. The predicted octanol–water partition coefficient (Wildman–Crippen LogP) is 3.54. The zero-order valence-corrected chi connectivity index (χ0v) is 12.2. The van der Waals surface area contributed by atoms with Gasteiger partial charge in [-0.3, -0.25) is 9.59 Å². The van der Waals surface area contributed by atoms with Crippen LogP contribution in [0.5, 0.6) is 0 Å². The molecule has 1 aliphatic rings. The topological polar surface area (TPSA) is 70.2 Å². The maximum Gasteiger partial charge on any atom is 0.306 e. The average Bonchev–Trinajstić information content (AvgIpc) is 2.48. The Morgan fingerprint density at radius 2 is 1.95 bits per heavy atom. The van der Waals surface area contributed by atoms with Crippen LogP contribution in [0.1, 0.15) is 37.2 Å². The van der Waals surface area contributed by atoms with Crippen molar-refractivity contribution < 1.29 is 9.90 Å². The number of rotatable bonds is 2. The summed E-state index contributed by atoms with van der Waals surface area (Å²) in [6, 6.07) is 5.55. The highest BCUT2D eigenvalue weighted by Crippen LogP contribution is 2.39. The fraction of sp³-hybridized carbons (Fsp3) is 0.375. The van der Waals surface area contributed by atoms with Crippen molar-refractivity contribution in [2.24, 2.45) is 5.92 Å². The van der Waals surface area contributed by atoms with Crippen LogP contribution < -0.4 is 5.56 Å². The zero-order valence-electron chi connectivity index (χ0n) is 11.4. The van der Waals surface area contributed by atoms with Crippen molar-refractivity contribution in [3.05, 3.63) is 45.3 Å². The molecule has 3 rings (SSSR count). The van der Waals surface area contributed by atoms with Crippen LogP contribution in [0.15, 0.2) is 29.2 Å². The molecule has 0 amide bonds. The van der Waals surface area contributed by atoms with Crippen LogP contribution in [-0.2, 0) is 4.79 Å². The first-order valence-electron chi connectivity index (χ1n) is 7.10. The Labute approximate surface area is 126 Å². The Morgan fingerprint density at radius 3 is 2.62 bits per heavy atom. The molecule has 0 atom stereocenters. The molecule has 2 N–H and O–H groups in total. The van der Waals surface area contributed by atoms with Crippen molar-refractivity contribution in [1.82, 2.24) is 4.98 Å². The van der Waals surface area contributed by atoms with Gasteiger partial charge in [0, 0.05) is 16.6 Å². The molecule has 0 saturated heterocycles. The largest absolute Gasteiger partial charge is 0.481 e. The van der Waals surface area contributed by atoms with Gasteiger partial charge < -0.3 is 10.1 Å². The quantitative estimate of drug-likeness (QED) is 0.891. The van der Waals surface area contributed by atoms with E-state index in [1.54, 1.807) is 12.3 Å². The van der Waals surface area contributed by atoms with Crippen LogP contribution in [0.4, 0.5) is 0 Å². The number of carboxylic acids is 1. The maximum absolute atomic E-state index is 11.8. The maximum atomic E-state index is 11.8. The van der Waals surface area contributed by atoms with E-state index >= 15 is 0 Å². The number of pyridine rings is 1. The van der Waals surface area contributed by atoms with Gasteiger partial charge in [-0.15, -0.1) is 0 Å². The average molecular weight is 306 g/mol. The lowest BCUT2D eigenvalue weighted by atomic mass is 9.78. The van der Waals surface area contributed by atoms with E-state index in [2.05, 4.69) is 4.98 Å². The first kappa shape index (κ1) is 14.1. The molecule has 0 aliphatic heterocycles. The molecule has 2 aromatic rings. The standard InChI is InChI=1S/C16H16ClNO3/c17-14-8-13-11(5-6-18-15(13)19)7-12(14)9-1-3-10(4-2-9)16(20)21/h5-10H,1-4H2,(H,18,19)(H,20,21). The third kappa shape index (κ3) is 2.68. The number of hydrogen-bond acceptors (Lipinski definition) is 2. The third-order valence-corrected chi connectivity index (χ3v) is 4.73. The van der Waals surface area contributed by atoms with Gasteiger partial charge >= 0.3 is 5.97 Å². The Bertz CT molecular complexity index is 745. The second-order valence-electron chi connectivity index (χ2n) is 5.65. The van der Waals surface area contributed by atoms with Crippen molar-refractivity contribution in [2.75, 3.05) is 0 Å². The fourth-order valence-corrected chi connectivity index (χ4v) is 3.51. The van der Waals surface area contributed by atoms with Crippen LogP contribution in [0.25, 0.3) is 10.8 Å². The molecule has 0 radical (unpaired) electrons. The van der Waals surface area contributed by atoms with Crippen molar-refractivity contribution in [3.8, 4) is 0 Å². The van der Waals surface area contributed by atoms with Crippen molar-refractivity contribution >= 4 is 28.3 Å². The Kier molecular flexibility index (Phi) is 3.72. The van der Waals surface area contributed by atoms with E-state index < -0.39 is 5.97 Å². The van der Waals surface area contributed by atoms with Crippen LogP contribution in [0, 0.1) is 5.92 Å². The minimum atomic E-state index is -0.704. The molecule has 1 fully saturated rings. The minimum absolute atomic E-state index is 0.143. The summed E-state index contributed by atoms with van der Waals surface area (Å²) in [5.41, 5.74) is 0.883. The number of carboxylic acid groups (broad SMARTS) is 1. The van der Waals surface area contributed by atoms with Gasteiger partial charge in [-0.05, 0) is 60.7 Å². The first-order chi connectivity index (χ1) is 10.1. The fourth-order valence-electron chi connectivity index (χ4n) is 3.19. The highest BCUT2D eigenvalue weighted by molar-refractivity contribution is 6.32. The Morgan fingerprint density at radius 1 is 1.24 bits per heavy atom. The van der Waals surface area contributed by atoms with E-state index in [1.807, 2.05) is 12.1 Å². The minimum Gasteiger partial charge on any atom is -0.481 e. The molecule has 1 aliphatic carbocycles. The summed E-state index contributed by atoms with van der Waals surface area (Å²) < 4.78 is 0. The van der Waals surface area contributed by atoms with E-state index in [9.17, 15) is 9.59 Å². The van der Waals surface area contributed by atoms with Crippen LogP contribution in [-0.4, -0.2) is 16.1 Å². The summed E-state index contributed by atoms with van der Waals surface area (Å²) in [5.74, 6) is -0.662. The Hall–Kier alpha value is -1.81. The molecule has 21 heavy (non-hydrogen) atoms. The van der Waals surface area contributed by atoms with E-state index in [0.717, 1.165) is 23.8 Å². The molecule has 5 heteroatoms. The van der Waals surface area contributed by atoms with Gasteiger partial charge in [-0.2, -0.15) is 0 Å². The van der Waals surface area contributed by atoms with Gasteiger partial charge in [0.25, 0.3) is 5.56 Å². The highest BCUT2D eigenvalue weighted by Gasteiger charge is 2.27. The summed E-state index contributed by atoms with van der Waals surface area (Å²) in [5, 5.41) is 11.1. The predicted molar refractivity (Wildman–Crippen MR) is 81.9 cm³/mol. The smallest absolute Gasteiger partial charge is 0.306 e. The highest BCUT2D eigenvalue weighted by atomic mass is 35.5. The number of nitrogens with one attached hydrogen (secondary N) is 1. The first-order valence-corrected chi connectivity index (χ1v) is 7.47. The van der Waals surface area contributed by atoms with E-state index in [1.165, 1.54) is 0 Å². The van der Waals surface area contributed by atoms with E-state index in [4.69, 9.17) is 16.7 Å². The van der Waals surface area contributed by atoms with Crippen molar-refractivity contribution in [1.29, 1.82) is 0 Å². The monoisotopic (exact) mass is 305 g/mol. The Balaban J connectivity index is 1.93. The second kappa shape index (κ2) is 5.53. The SMILES string of the molecule is O=C(O)C1CCC(c2cc3cc[nH]c(=O)c3cc2Cl)CC1. The summed E-state index contributed by atoms with van der Waals surface area (Å²) >= 11 is 6.34. The number of hydrogen-bond donors (Lipinski definition) is 2. The molecule has 110 valence electrons. The number of H-pyrrole nitrogens is 1. The molecule has 1 saturated carbocycles. The normalized spacial score (nSPS) is 22.3. The molecule has 4 nitrogen and oxygen atoms in total. The van der Waals surface area contributed by atoms with Gasteiger partial charge in [0.2, 0.25) is 0 Å². The number of halogens is 1. The third-order valence-electron chi connectivity index (χ3n) is 4.41. The van der Waals surface area contributed by atoms with Crippen LogP contribution in [0.3, 0.4) is 0 Å². The lowest BCUT2D eigenvalue weighted by molar-refractivity contribution is -0.142. The molecular weight excluding hydrogens is 290 g/mol. The molecule has 1 aromatic carbocycles. The lowest BCUT2D eigenvalue weighted by Gasteiger charge is -2.27. The molecule has 1 aromatic heterocycles.